The molecule has 0 saturated carbocycles. The van der Waals surface area contributed by atoms with Crippen LogP contribution in [0, 0.1) is 5.92 Å². The number of rotatable bonds is 6. The molecule has 0 radical (unpaired) electrons. The van der Waals surface area contributed by atoms with E-state index in [1.54, 1.807) is 4.88 Å². The van der Waals surface area contributed by atoms with Crippen LogP contribution >= 0.6 is 11.3 Å². The Morgan fingerprint density at radius 3 is 3.14 bits per heavy atom. The van der Waals surface area contributed by atoms with Gasteiger partial charge in [-0.05, 0) is 42.0 Å². The molecule has 3 heterocycles. The summed E-state index contributed by atoms with van der Waals surface area (Å²) in [6.45, 7) is 9.52. The zero-order valence-corrected chi connectivity index (χ0v) is 13.7. The van der Waals surface area contributed by atoms with Crippen LogP contribution in [0.25, 0.3) is 0 Å². The van der Waals surface area contributed by atoms with Crippen molar-refractivity contribution in [3.05, 3.63) is 45.5 Å². The highest BCUT2D eigenvalue weighted by atomic mass is 32.1. The molecule has 2 aromatic rings. The summed E-state index contributed by atoms with van der Waals surface area (Å²) in [7, 11) is 0. The number of hydrogen-bond donors (Lipinski definition) is 1. The Hall–Kier alpha value is -1.10. The van der Waals surface area contributed by atoms with Crippen LogP contribution in [0.4, 0.5) is 0 Å². The summed E-state index contributed by atoms with van der Waals surface area (Å²) >= 11 is 1.89. The van der Waals surface area contributed by atoms with Gasteiger partial charge in [0, 0.05) is 30.1 Å². The molecular formula is C17H24N2OS. The lowest BCUT2D eigenvalue weighted by molar-refractivity contribution is 0.226. The largest absolute Gasteiger partial charge is 0.468 e. The molecule has 0 unspecified atom stereocenters. The Morgan fingerprint density at radius 1 is 1.38 bits per heavy atom. The molecule has 1 N–H and O–H groups in total. The van der Waals surface area contributed by atoms with E-state index in [0.717, 1.165) is 38.5 Å². The maximum atomic E-state index is 5.72. The number of furan rings is 1. The maximum Gasteiger partial charge on any atom is 0.122 e. The lowest BCUT2D eigenvalue weighted by Gasteiger charge is -2.26. The molecule has 0 fully saturated rings. The Labute approximate surface area is 131 Å². The molecule has 1 aliphatic heterocycles. The van der Waals surface area contributed by atoms with Crippen LogP contribution in [0.5, 0.6) is 0 Å². The summed E-state index contributed by atoms with van der Waals surface area (Å²) in [6.07, 6.45) is 3.00. The second-order valence-electron chi connectivity index (χ2n) is 6.22. The summed E-state index contributed by atoms with van der Waals surface area (Å²) in [5.74, 6) is 1.80. The first-order valence-corrected chi connectivity index (χ1v) is 8.64. The van der Waals surface area contributed by atoms with Gasteiger partial charge in [-0.2, -0.15) is 0 Å². The van der Waals surface area contributed by atoms with Gasteiger partial charge in [0.25, 0.3) is 0 Å². The first kappa shape index (κ1) is 14.8. The number of fused-ring (bicyclic) bond motifs is 1. The van der Waals surface area contributed by atoms with E-state index < -0.39 is 0 Å². The van der Waals surface area contributed by atoms with Gasteiger partial charge in [-0.25, -0.2) is 0 Å². The highest BCUT2D eigenvalue weighted by Gasteiger charge is 2.19. The fourth-order valence-corrected chi connectivity index (χ4v) is 3.69. The van der Waals surface area contributed by atoms with Crippen molar-refractivity contribution < 1.29 is 4.42 Å². The quantitative estimate of drug-likeness (QED) is 0.883. The van der Waals surface area contributed by atoms with E-state index in [1.165, 1.54) is 17.5 Å². The molecular weight excluding hydrogens is 280 g/mol. The molecule has 1 aliphatic rings. The van der Waals surface area contributed by atoms with Crippen LogP contribution < -0.4 is 5.32 Å². The Morgan fingerprint density at radius 2 is 2.29 bits per heavy atom. The van der Waals surface area contributed by atoms with Crippen LogP contribution in [-0.2, 0) is 26.1 Å². The summed E-state index contributed by atoms with van der Waals surface area (Å²) in [5.41, 5.74) is 2.80. The molecule has 3 nitrogen and oxygen atoms in total. The Balaban J connectivity index is 1.57. The normalized spacial score (nSPS) is 15.6. The van der Waals surface area contributed by atoms with Gasteiger partial charge in [-0.3, -0.25) is 4.90 Å². The van der Waals surface area contributed by atoms with Gasteiger partial charge in [-0.1, -0.05) is 13.8 Å². The minimum absolute atomic E-state index is 0.680. The molecule has 0 atom stereocenters. The second kappa shape index (κ2) is 6.77. The molecule has 0 bridgehead atoms. The lowest BCUT2D eigenvalue weighted by atomic mass is 10.1. The van der Waals surface area contributed by atoms with Crippen LogP contribution in [-0.4, -0.2) is 18.0 Å². The van der Waals surface area contributed by atoms with Gasteiger partial charge in [0.1, 0.15) is 5.76 Å². The van der Waals surface area contributed by atoms with Crippen molar-refractivity contribution in [2.24, 2.45) is 5.92 Å². The Kier molecular flexibility index (Phi) is 4.78. The summed E-state index contributed by atoms with van der Waals surface area (Å²) < 4.78 is 5.72. The third-order valence-corrected chi connectivity index (χ3v) is 4.98. The lowest BCUT2D eigenvalue weighted by Crippen LogP contribution is -2.29. The highest BCUT2D eigenvalue weighted by Crippen LogP contribution is 2.25. The molecule has 0 spiro atoms. The monoisotopic (exact) mass is 304 g/mol. The predicted octanol–water partition coefficient (Wildman–Crippen LogP) is 3.65. The topological polar surface area (TPSA) is 28.4 Å². The summed E-state index contributed by atoms with van der Waals surface area (Å²) in [4.78, 5) is 4.05. The smallest absolute Gasteiger partial charge is 0.122 e. The first-order valence-electron chi connectivity index (χ1n) is 7.76. The first-order chi connectivity index (χ1) is 10.2. The molecule has 0 aliphatic carbocycles. The van der Waals surface area contributed by atoms with Crippen molar-refractivity contribution in [2.45, 2.75) is 39.9 Å². The van der Waals surface area contributed by atoms with Gasteiger partial charge in [0.15, 0.2) is 0 Å². The van der Waals surface area contributed by atoms with Crippen molar-refractivity contribution >= 4 is 11.3 Å². The standard InChI is InChI=1S/C17H24N2OS/c1-13(2)9-18-10-14-4-7-20-16(14)12-19-6-3-17-15(11-19)5-8-21-17/h4-5,7-8,13,18H,3,6,9-12H2,1-2H3. The van der Waals surface area contributed by atoms with E-state index in [2.05, 4.69) is 41.6 Å². The molecule has 3 rings (SSSR count). The van der Waals surface area contributed by atoms with Crippen LogP contribution in [0.3, 0.4) is 0 Å². The summed E-state index contributed by atoms with van der Waals surface area (Å²) in [5, 5.41) is 5.71. The molecule has 4 heteroatoms. The van der Waals surface area contributed by atoms with Crippen LogP contribution in [0.15, 0.2) is 28.2 Å². The zero-order valence-electron chi connectivity index (χ0n) is 12.9. The number of thiophene rings is 1. The van der Waals surface area contributed by atoms with Crippen molar-refractivity contribution in [1.29, 1.82) is 0 Å². The van der Waals surface area contributed by atoms with Gasteiger partial charge in [-0.15, -0.1) is 11.3 Å². The molecule has 114 valence electrons. The fourth-order valence-electron chi connectivity index (χ4n) is 2.80. The van der Waals surface area contributed by atoms with E-state index in [4.69, 9.17) is 4.42 Å². The number of nitrogens with zero attached hydrogens (tertiary/aromatic N) is 1. The maximum absolute atomic E-state index is 5.72. The fraction of sp³-hybridized carbons (Fsp3) is 0.529. The van der Waals surface area contributed by atoms with Crippen LogP contribution in [0.1, 0.15) is 35.6 Å². The van der Waals surface area contributed by atoms with E-state index in [9.17, 15) is 0 Å². The van der Waals surface area contributed by atoms with E-state index in [1.807, 2.05) is 17.6 Å². The second-order valence-corrected chi connectivity index (χ2v) is 7.22. The minimum atomic E-state index is 0.680. The van der Waals surface area contributed by atoms with Gasteiger partial charge < -0.3 is 9.73 Å². The van der Waals surface area contributed by atoms with Crippen molar-refractivity contribution in [2.75, 3.05) is 13.1 Å². The molecule has 0 aromatic carbocycles. The third kappa shape index (κ3) is 3.76. The predicted molar refractivity (Wildman–Crippen MR) is 87.4 cm³/mol. The van der Waals surface area contributed by atoms with Gasteiger partial charge >= 0.3 is 0 Å². The van der Waals surface area contributed by atoms with Crippen molar-refractivity contribution in [3.8, 4) is 0 Å². The van der Waals surface area contributed by atoms with E-state index >= 15 is 0 Å². The summed E-state index contributed by atoms with van der Waals surface area (Å²) in [6, 6.07) is 4.36. The van der Waals surface area contributed by atoms with Crippen molar-refractivity contribution in [3.63, 3.8) is 0 Å². The van der Waals surface area contributed by atoms with Crippen molar-refractivity contribution in [1.82, 2.24) is 10.2 Å². The molecule has 2 aromatic heterocycles. The molecule has 0 amide bonds. The third-order valence-electron chi connectivity index (χ3n) is 3.96. The van der Waals surface area contributed by atoms with E-state index in [0.29, 0.717) is 5.92 Å². The number of nitrogens with one attached hydrogen (secondary N) is 1. The zero-order chi connectivity index (χ0) is 14.7. The Bertz CT molecular complexity index is 573. The van der Waals surface area contributed by atoms with Gasteiger partial charge in [0.2, 0.25) is 0 Å². The molecule has 0 saturated heterocycles. The number of hydrogen-bond acceptors (Lipinski definition) is 4. The van der Waals surface area contributed by atoms with E-state index in [-0.39, 0.29) is 0 Å². The SMILES string of the molecule is CC(C)CNCc1ccoc1CN1CCc2sccc2C1. The van der Waals surface area contributed by atoms with Gasteiger partial charge in [0.05, 0.1) is 12.8 Å². The highest BCUT2D eigenvalue weighted by molar-refractivity contribution is 7.10. The average Bonchev–Trinajstić information content (AvgIpc) is 3.07. The average molecular weight is 304 g/mol. The minimum Gasteiger partial charge on any atom is -0.468 e. The molecule has 21 heavy (non-hydrogen) atoms. The van der Waals surface area contributed by atoms with Crippen LogP contribution in [0.2, 0.25) is 0 Å².